The van der Waals surface area contributed by atoms with Gasteiger partial charge in [0.25, 0.3) is 5.69 Å². The summed E-state index contributed by atoms with van der Waals surface area (Å²) in [7, 11) is 0. The van der Waals surface area contributed by atoms with Gasteiger partial charge >= 0.3 is 0 Å². The van der Waals surface area contributed by atoms with E-state index in [0.717, 1.165) is 0 Å². The third-order valence-electron chi connectivity index (χ3n) is 1.80. The van der Waals surface area contributed by atoms with Gasteiger partial charge in [-0.15, -0.1) is 0 Å². The Bertz CT molecular complexity index is 478. The van der Waals surface area contributed by atoms with Crippen LogP contribution in [0.2, 0.25) is 5.15 Å². The molecule has 0 fully saturated rings. The molecule has 0 radical (unpaired) electrons. The first kappa shape index (κ1) is 8.07. The van der Waals surface area contributed by atoms with Crippen LogP contribution < -0.4 is 0 Å². The van der Waals surface area contributed by atoms with Crippen molar-refractivity contribution in [3.05, 3.63) is 39.5 Å². The molecule has 0 saturated heterocycles. The number of nitro groups is 1. The Morgan fingerprint density at radius 1 is 1.46 bits per heavy atom. The van der Waals surface area contributed by atoms with Gasteiger partial charge in [0.1, 0.15) is 5.15 Å². The lowest BCUT2D eigenvalue weighted by atomic mass is 10.2. The van der Waals surface area contributed by atoms with Gasteiger partial charge in [-0.25, -0.2) is 0 Å². The zero-order chi connectivity index (χ0) is 9.42. The summed E-state index contributed by atoms with van der Waals surface area (Å²) >= 11 is 5.68. The van der Waals surface area contributed by atoms with Crippen molar-refractivity contribution in [2.24, 2.45) is 0 Å². The van der Waals surface area contributed by atoms with E-state index in [4.69, 9.17) is 11.6 Å². The molecular formula is C8H5ClN2O2. The number of non-ortho nitro benzene ring substituents is 1. The Morgan fingerprint density at radius 2 is 2.23 bits per heavy atom. The Hall–Kier alpha value is -1.55. The van der Waals surface area contributed by atoms with Crippen LogP contribution in [0.4, 0.5) is 5.69 Å². The minimum Gasteiger partial charge on any atom is -0.345 e. The molecule has 0 bridgehead atoms. The summed E-state index contributed by atoms with van der Waals surface area (Å²) in [6.07, 6.45) is 0. The van der Waals surface area contributed by atoms with E-state index in [2.05, 4.69) is 4.98 Å². The minimum atomic E-state index is -0.424. The molecule has 1 heterocycles. The third kappa shape index (κ3) is 1.25. The van der Waals surface area contributed by atoms with Gasteiger partial charge in [-0.05, 0) is 12.1 Å². The highest BCUT2D eigenvalue weighted by Crippen LogP contribution is 2.27. The topological polar surface area (TPSA) is 58.9 Å². The molecule has 0 atom stereocenters. The number of nitrogens with one attached hydrogen (secondary N) is 1. The number of rotatable bonds is 1. The highest BCUT2D eigenvalue weighted by Gasteiger charge is 2.12. The number of fused-ring (bicyclic) bond motifs is 1. The molecule has 0 saturated carbocycles. The van der Waals surface area contributed by atoms with E-state index in [-0.39, 0.29) is 5.69 Å². The molecule has 0 spiro atoms. The van der Waals surface area contributed by atoms with Gasteiger partial charge < -0.3 is 4.98 Å². The van der Waals surface area contributed by atoms with E-state index < -0.39 is 4.92 Å². The maximum Gasteiger partial charge on any atom is 0.278 e. The summed E-state index contributed by atoms with van der Waals surface area (Å²) < 4.78 is 0. The number of nitrogens with zero attached hydrogens (tertiary/aromatic N) is 1. The summed E-state index contributed by atoms with van der Waals surface area (Å²) in [6, 6.07) is 6.36. The standard InChI is InChI=1S/C8H5ClN2O2/c9-8-4-5-6(10-8)2-1-3-7(5)11(12)13/h1-4,10H. The fraction of sp³-hybridized carbons (Fsp3) is 0. The normalized spacial score (nSPS) is 10.5. The summed E-state index contributed by atoms with van der Waals surface area (Å²) in [6.45, 7) is 0. The summed E-state index contributed by atoms with van der Waals surface area (Å²) in [5.74, 6) is 0. The first-order valence-electron chi connectivity index (χ1n) is 3.60. The van der Waals surface area contributed by atoms with Gasteiger partial charge in [0.2, 0.25) is 0 Å². The lowest BCUT2D eigenvalue weighted by Gasteiger charge is -1.91. The predicted octanol–water partition coefficient (Wildman–Crippen LogP) is 2.73. The van der Waals surface area contributed by atoms with Crippen molar-refractivity contribution in [3.63, 3.8) is 0 Å². The monoisotopic (exact) mass is 196 g/mol. The zero-order valence-electron chi connectivity index (χ0n) is 6.45. The molecule has 0 aliphatic heterocycles. The second kappa shape index (κ2) is 2.74. The average molecular weight is 197 g/mol. The number of halogens is 1. The van der Waals surface area contributed by atoms with Crippen LogP contribution in [0.15, 0.2) is 24.3 Å². The van der Waals surface area contributed by atoms with E-state index in [1.165, 1.54) is 6.07 Å². The van der Waals surface area contributed by atoms with Crippen molar-refractivity contribution in [1.82, 2.24) is 4.98 Å². The smallest absolute Gasteiger partial charge is 0.278 e. The second-order valence-electron chi connectivity index (χ2n) is 2.61. The van der Waals surface area contributed by atoms with Gasteiger partial charge in [0.15, 0.2) is 0 Å². The number of hydrogen-bond donors (Lipinski definition) is 1. The molecule has 0 aliphatic rings. The van der Waals surface area contributed by atoms with Crippen molar-refractivity contribution in [1.29, 1.82) is 0 Å². The van der Waals surface area contributed by atoms with Gasteiger partial charge in [0.05, 0.1) is 15.8 Å². The highest BCUT2D eigenvalue weighted by molar-refractivity contribution is 6.30. The first-order chi connectivity index (χ1) is 6.18. The van der Waals surface area contributed by atoms with Crippen LogP contribution in [0.3, 0.4) is 0 Å². The van der Waals surface area contributed by atoms with Gasteiger partial charge in [-0.1, -0.05) is 17.7 Å². The second-order valence-corrected chi connectivity index (χ2v) is 3.02. The number of aromatic nitrogens is 1. The van der Waals surface area contributed by atoms with Crippen LogP contribution >= 0.6 is 11.6 Å². The quantitative estimate of drug-likeness (QED) is 0.563. The number of hydrogen-bond acceptors (Lipinski definition) is 2. The Labute approximate surface area is 78.3 Å². The van der Waals surface area contributed by atoms with Gasteiger partial charge in [-0.3, -0.25) is 10.1 Å². The average Bonchev–Trinajstić information content (AvgIpc) is 2.43. The lowest BCUT2D eigenvalue weighted by molar-refractivity contribution is -0.383. The summed E-state index contributed by atoms with van der Waals surface area (Å²) in [5, 5.41) is 11.5. The molecule has 1 aromatic heterocycles. The van der Waals surface area contributed by atoms with Crippen LogP contribution in [-0.2, 0) is 0 Å². The predicted molar refractivity (Wildman–Crippen MR) is 50.0 cm³/mol. The minimum absolute atomic E-state index is 0.0700. The van der Waals surface area contributed by atoms with Crippen molar-refractivity contribution >= 4 is 28.2 Å². The Morgan fingerprint density at radius 3 is 2.92 bits per heavy atom. The molecule has 2 aromatic rings. The SMILES string of the molecule is O=[N+]([O-])c1cccc2[nH]c(Cl)cc12. The molecule has 5 heteroatoms. The summed E-state index contributed by atoms with van der Waals surface area (Å²) in [4.78, 5) is 13.0. The van der Waals surface area contributed by atoms with E-state index >= 15 is 0 Å². The lowest BCUT2D eigenvalue weighted by Crippen LogP contribution is -1.87. The first-order valence-corrected chi connectivity index (χ1v) is 3.98. The molecule has 2 rings (SSSR count). The van der Waals surface area contributed by atoms with Crippen molar-refractivity contribution in [2.75, 3.05) is 0 Å². The van der Waals surface area contributed by atoms with Crippen LogP contribution in [0, 0.1) is 10.1 Å². The number of nitro benzene ring substituents is 1. The van der Waals surface area contributed by atoms with Crippen molar-refractivity contribution < 1.29 is 4.92 Å². The van der Waals surface area contributed by atoms with E-state index in [1.807, 2.05) is 0 Å². The maximum absolute atomic E-state index is 10.6. The number of benzene rings is 1. The molecular weight excluding hydrogens is 192 g/mol. The summed E-state index contributed by atoms with van der Waals surface area (Å²) in [5.41, 5.74) is 0.750. The van der Waals surface area contributed by atoms with Crippen LogP contribution in [0.5, 0.6) is 0 Å². The molecule has 4 nitrogen and oxygen atoms in total. The fourth-order valence-corrected chi connectivity index (χ4v) is 1.48. The molecule has 1 aromatic carbocycles. The third-order valence-corrected chi connectivity index (χ3v) is 2.01. The van der Waals surface area contributed by atoms with Crippen LogP contribution in [0.1, 0.15) is 0 Å². The molecule has 66 valence electrons. The highest BCUT2D eigenvalue weighted by atomic mass is 35.5. The van der Waals surface area contributed by atoms with Gasteiger partial charge in [-0.2, -0.15) is 0 Å². The maximum atomic E-state index is 10.6. The van der Waals surface area contributed by atoms with Crippen molar-refractivity contribution in [3.8, 4) is 0 Å². The van der Waals surface area contributed by atoms with Crippen molar-refractivity contribution in [2.45, 2.75) is 0 Å². The molecule has 13 heavy (non-hydrogen) atoms. The number of aromatic amines is 1. The van der Waals surface area contributed by atoms with Crippen LogP contribution in [-0.4, -0.2) is 9.91 Å². The largest absolute Gasteiger partial charge is 0.345 e. The Kier molecular flexibility index (Phi) is 1.70. The number of H-pyrrole nitrogens is 1. The zero-order valence-corrected chi connectivity index (χ0v) is 7.21. The van der Waals surface area contributed by atoms with E-state index in [0.29, 0.717) is 16.1 Å². The molecule has 0 unspecified atom stereocenters. The molecule has 1 N–H and O–H groups in total. The van der Waals surface area contributed by atoms with Gasteiger partial charge in [0, 0.05) is 6.07 Å². The molecule has 0 aliphatic carbocycles. The van der Waals surface area contributed by atoms with Crippen LogP contribution in [0.25, 0.3) is 10.9 Å². The van der Waals surface area contributed by atoms with E-state index in [1.54, 1.807) is 18.2 Å². The van der Waals surface area contributed by atoms with E-state index in [9.17, 15) is 10.1 Å². The molecule has 0 amide bonds. The Balaban J connectivity index is 2.82. The fourth-order valence-electron chi connectivity index (χ4n) is 1.26.